The van der Waals surface area contributed by atoms with E-state index in [0.717, 1.165) is 29.9 Å². The van der Waals surface area contributed by atoms with Crippen LogP contribution in [0.5, 0.6) is 0 Å². The number of carbonyl (C=O) groups excluding carboxylic acids is 3. The quantitative estimate of drug-likeness (QED) is 0.708. The molecule has 2 saturated heterocycles. The van der Waals surface area contributed by atoms with Gasteiger partial charge in [0.1, 0.15) is 11.8 Å². The third kappa shape index (κ3) is 5.09. The molecule has 9 nitrogen and oxygen atoms in total. The Kier molecular flexibility index (Phi) is 6.45. The molecule has 4 rings (SSSR count). The van der Waals surface area contributed by atoms with Crippen molar-refractivity contribution >= 4 is 29.3 Å². The van der Waals surface area contributed by atoms with Crippen LogP contribution in [0.2, 0.25) is 0 Å². The number of halogens is 2. The molecule has 1 aromatic carbocycles. The zero-order chi connectivity index (χ0) is 22.8. The number of nitrogens with zero attached hydrogens (tertiary/aromatic N) is 3. The Morgan fingerprint density at radius 2 is 1.88 bits per heavy atom. The van der Waals surface area contributed by atoms with Crippen molar-refractivity contribution in [2.45, 2.75) is 32.3 Å². The Labute approximate surface area is 184 Å². The smallest absolute Gasteiger partial charge is 0.414 e. The molecule has 0 bridgehead atoms. The molecule has 0 aromatic heterocycles. The summed E-state index contributed by atoms with van der Waals surface area (Å²) in [6, 6.07) is 2.17. The molecule has 1 aliphatic carbocycles. The van der Waals surface area contributed by atoms with E-state index < -0.39 is 23.8 Å². The summed E-state index contributed by atoms with van der Waals surface area (Å²) in [6.07, 6.45) is 1.19. The van der Waals surface area contributed by atoms with Gasteiger partial charge in [-0.2, -0.15) is 0 Å². The van der Waals surface area contributed by atoms with Crippen LogP contribution >= 0.6 is 0 Å². The molecule has 1 N–H and O–H groups in total. The molecule has 3 fully saturated rings. The molecule has 0 radical (unpaired) electrons. The second-order valence-electron chi connectivity index (χ2n) is 8.28. The summed E-state index contributed by atoms with van der Waals surface area (Å²) in [4.78, 5) is 43.6. The van der Waals surface area contributed by atoms with Crippen LogP contribution in [0.4, 0.5) is 25.0 Å². The fourth-order valence-electron chi connectivity index (χ4n) is 3.85. The molecular formula is C21H26F2N4O5. The number of nitrogens with one attached hydrogen (secondary N) is 1. The molecule has 1 atom stereocenters. The van der Waals surface area contributed by atoms with Crippen LogP contribution in [0.25, 0.3) is 0 Å². The number of cyclic esters (lactones) is 1. The monoisotopic (exact) mass is 452 g/mol. The number of benzene rings is 1. The predicted molar refractivity (Wildman–Crippen MR) is 110 cm³/mol. The van der Waals surface area contributed by atoms with E-state index in [1.807, 2.05) is 0 Å². The van der Waals surface area contributed by atoms with E-state index in [1.165, 1.54) is 16.9 Å². The number of anilines is 2. The number of amides is 3. The number of ether oxygens (including phenoxy) is 1. The predicted octanol–water partition coefficient (Wildman–Crippen LogP) is 1.81. The van der Waals surface area contributed by atoms with Gasteiger partial charge >= 0.3 is 6.09 Å². The Balaban J connectivity index is 1.43. The molecule has 0 spiro atoms. The van der Waals surface area contributed by atoms with E-state index in [-0.39, 0.29) is 62.5 Å². The largest absolute Gasteiger partial charge is 0.442 e. The lowest BCUT2D eigenvalue weighted by Gasteiger charge is -2.24. The summed E-state index contributed by atoms with van der Waals surface area (Å²) in [7, 11) is 0. The fourth-order valence-corrected chi connectivity index (χ4v) is 3.85. The molecule has 2 aliphatic heterocycles. The van der Waals surface area contributed by atoms with Gasteiger partial charge < -0.3 is 15.0 Å². The third-order valence-corrected chi connectivity index (χ3v) is 5.70. The van der Waals surface area contributed by atoms with E-state index in [4.69, 9.17) is 9.57 Å². The first-order chi connectivity index (χ1) is 15.3. The van der Waals surface area contributed by atoms with E-state index >= 15 is 0 Å². The first kappa shape index (κ1) is 22.3. The summed E-state index contributed by atoms with van der Waals surface area (Å²) in [6.45, 7) is 2.28. The van der Waals surface area contributed by atoms with Gasteiger partial charge in [0, 0.05) is 38.6 Å². The Morgan fingerprint density at radius 1 is 1.16 bits per heavy atom. The average molecular weight is 452 g/mol. The molecule has 3 amide bonds. The first-order valence-corrected chi connectivity index (χ1v) is 10.7. The molecule has 1 aromatic rings. The van der Waals surface area contributed by atoms with Crippen molar-refractivity contribution in [2.24, 2.45) is 5.92 Å². The lowest BCUT2D eigenvalue weighted by molar-refractivity contribution is -0.182. The van der Waals surface area contributed by atoms with Crippen LogP contribution in [0.15, 0.2) is 12.1 Å². The SMILES string of the molecule is CC(=O)NC[C@H]1CN(c2cc(F)c(N3CCON(C(=O)CC4CC4)CC3)c(F)c2)C(=O)O1. The maximum Gasteiger partial charge on any atom is 0.414 e. The van der Waals surface area contributed by atoms with Crippen molar-refractivity contribution in [3.05, 3.63) is 23.8 Å². The maximum atomic E-state index is 15.0. The normalized spacial score (nSPS) is 21.4. The van der Waals surface area contributed by atoms with Crippen molar-refractivity contribution in [3.63, 3.8) is 0 Å². The minimum absolute atomic E-state index is 0.0337. The van der Waals surface area contributed by atoms with Crippen LogP contribution in [0.1, 0.15) is 26.2 Å². The molecule has 2 heterocycles. The Morgan fingerprint density at radius 3 is 2.53 bits per heavy atom. The summed E-state index contributed by atoms with van der Waals surface area (Å²) >= 11 is 0. The zero-order valence-corrected chi connectivity index (χ0v) is 17.8. The Hall–Kier alpha value is -2.95. The van der Waals surface area contributed by atoms with Gasteiger partial charge in [0.2, 0.25) is 11.8 Å². The minimum Gasteiger partial charge on any atom is -0.442 e. The minimum atomic E-state index is -0.823. The molecule has 0 unspecified atom stereocenters. The van der Waals surface area contributed by atoms with Gasteiger partial charge in [0.15, 0.2) is 11.6 Å². The van der Waals surface area contributed by atoms with E-state index in [9.17, 15) is 23.2 Å². The highest BCUT2D eigenvalue weighted by Gasteiger charge is 2.34. The third-order valence-electron chi connectivity index (χ3n) is 5.70. The van der Waals surface area contributed by atoms with Crippen LogP contribution in [0.3, 0.4) is 0 Å². The number of rotatable bonds is 6. The van der Waals surface area contributed by atoms with Gasteiger partial charge in [0.25, 0.3) is 0 Å². The van der Waals surface area contributed by atoms with Gasteiger partial charge in [-0.25, -0.2) is 18.6 Å². The topological polar surface area (TPSA) is 91.4 Å². The Bertz CT molecular complexity index is 887. The molecule has 3 aliphatic rings. The summed E-state index contributed by atoms with van der Waals surface area (Å²) < 4.78 is 35.1. The second-order valence-corrected chi connectivity index (χ2v) is 8.28. The van der Waals surface area contributed by atoms with E-state index in [0.29, 0.717) is 12.3 Å². The van der Waals surface area contributed by atoms with Gasteiger partial charge in [0.05, 0.1) is 31.9 Å². The number of hydrogen-bond acceptors (Lipinski definition) is 6. The number of hydrogen-bond donors (Lipinski definition) is 1. The van der Waals surface area contributed by atoms with Crippen LogP contribution < -0.4 is 15.1 Å². The summed E-state index contributed by atoms with van der Waals surface area (Å²) in [5, 5.41) is 3.84. The van der Waals surface area contributed by atoms with E-state index in [2.05, 4.69) is 5.32 Å². The number of hydroxylamine groups is 2. The van der Waals surface area contributed by atoms with Crippen LogP contribution in [-0.2, 0) is 19.2 Å². The number of carbonyl (C=O) groups is 3. The molecule has 174 valence electrons. The van der Waals surface area contributed by atoms with Crippen molar-refractivity contribution in [3.8, 4) is 0 Å². The maximum absolute atomic E-state index is 15.0. The van der Waals surface area contributed by atoms with Crippen molar-refractivity contribution in [2.75, 3.05) is 49.1 Å². The summed E-state index contributed by atoms with van der Waals surface area (Å²) in [5.41, 5.74) is -0.192. The second kappa shape index (κ2) is 9.27. The van der Waals surface area contributed by atoms with E-state index in [1.54, 1.807) is 0 Å². The van der Waals surface area contributed by atoms with Crippen molar-refractivity contribution in [1.82, 2.24) is 10.4 Å². The van der Waals surface area contributed by atoms with Gasteiger partial charge in [-0.05, 0) is 18.8 Å². The zero-order valence-electron chi connectivity index (χ0n) is 17.8. The first-order valence-electron chi connectivity index (χ1n) is 10.7. The standard InChI is InChI=1S/C21H26F2N4O5/c1-13(28)24-11-16-12-26(21(30)32-16)15-9-17(22)20(18(23)10-15)25-4-5-27(31-7-6-25)19(29)8-14-2-3-14/h9-10,14,16H,2-8,11-12H2,1H3,(H,24,28)/t16-/m0/s1. The highest BCUT2D eigenvalue weighted by molar-refractivity contribution is 5.90. The van der Waals surface area contributed by atoms with Crippen molar-refractivity contribution < 1.29 is 32.7 Å². The molecule has 11 heteroatoms. The van der Waals surface area contributed by atoms with Crippen molar-refractivity contribution in [1.29, 1.82) is 0 Å². The lowest BCUT2D eigenvalue weighted by Crippen LogP contribution is -2.35. The van der Waals surface area contributed by atoms with Gasteiger partial charge in [-0.3, -0.25) is 19.3 Å². The molecule has 32 heavy (non-hydrogen) atoms. The highest BCUT2D eigenvalue weighted by Crippen LogP contribution is 2.34. The van der Waals surface area contributed by atoms with Gasteiger partial charge in [-0.1, -0.05) is 0 Å². The van der Waals surface area contributed by atoms with Crippen LogP contribution in [0, 0.1) is 17.6 Å². The molecule has 1 saturated carbocycles. The highest BCUT2D eigenvalue weighted by atomic mass is 19.1. The van der Waals surface area contributed by atoms with Gasteiger partial charge in [-0.15, -0.1) is 0 Å². The lowest BCUT2D eigenvalue weighted by atomic mass is 10.2. The van der Waals surface area contributed by atoms with Crippen LogP contribution in [-0.4, -0.2) is 68.4 Å². The fraction of sp³-hybridized carbons (Fsp3) is 0.571. The summed E-state index contributed by atoms with van der Waals surface area (Å²) in [5.74, 6) is -1.60. The molecular weight excluding hydrogens is 426 g/mol. The average Bonchev–Trinajstić information content (AvgIpc) is 3.50.